The van der Waals surface area contributed by atoms with Crippen LogP contribution >= 0.6 is 22.6 Å². The average Bonchev–Trinajstić information content (AvgIpc) is 2.56. The van der Waals surface area contributed by atoms with Gasteiger partial charge in [0, 0.05) is 10.1 Å². The molecule has 1 heterocycles. The lowest BCUT2D eigenvalue weighted by Crippen LogP contribution is -2.20. The first-order valence-corrected chi connectivity index (χ1v) is 5.62. The summed E-state index contributed by atoms with van der Waals surface area (Å²) in [6.45, 7) is 1.77. The van der Waals surface area contributed by atoms with Crippen LogP contribution in [0.4, 0.5) is 0 Å². The first kappa shape index (κ1) is 10.4. The second-order valence-corrected chi connectivity index (χ2v) is 4.64. The molecule has 2 rings (SSSR count). The van der Waals surface area contributed by atoms with Crippen molar-refractivity contribution in [3.05, 3.63) is 33.4 Å². The normalized spacial score (nSPS) is 22.9. The number of hydrogen-bond acceptors (Lipinski definition) is 3. The van der Waals surface area contributed by atoms with Gasteiger partial charge in [-0.05, 0) is 40.3 Å². The van der Waals surface area contributed by atoms with Crippen molar-refractivity contribution in [2.45, 2.75) is 12.6 Å². The highest BCUT2D eigenvalue weighted by Gasteiger charge is 2.20. The van der Waals surface area contributed by atoms with Crippen LogP contribution in [0.5, 0.6) is 0 Å². The first-order valence-electron chi connectivity index (χ1n) is 4.54. The summed E-state index contributed by atoms with van der Waals surface area (Å²) in [6.07, 6.45) is -0.334. The van der Waals surface area contributed by atoms with Gasteiger partial charge in [0.25, 0.3) is 0 Å². The fourth-order valence-electron chi connectivity index (χ4n) is 1.44. The largest absolute Gasteiger partial charge is 0.389 e. The van der Waals surface area contributed by atoms with Crippen LogP contribution in [0.2, 0.25) is 0 Å². The van der Waals surface area contributed by atoms with E-state index in [0.29, 0.717) is 13.2 Å². The Morgan fingerprint density at radius 2 is 2.14 bits per heavy atom. The molecule has 0 radical (unpaired) electrons. The van der Waals surface area contributed by atoms with Crippen LogP contribution in [0.15, 0.2) is 24.3 Å². The standard InChI is InChI=1S/C10H12INO2/c11-9-3-1-8(2-4-9)5-12-6-10(13)7-14-12/h1-4,10,13H,5-7H2/t10-/m0/s1. The molecule has 0 amide bonds. The van der Waals surface area contributed by atoms with E-state index in [-0.39, 0.29) is 6.10 Å². The summed E-state index contributed by atoms with van der Waals surface area (Å²) >= 11 is 2.28. The van der Waals surface area contributed by atoms with E-state index in [4.69, 9.17) is 4.84 Å². The van der Waals surface area contributed by atoms with Gasteiger partial charge in [0.15, 0.2) is 0 Å². The van der Waals surface area contributed by atoms with E-state index in [1.807, 2.05) is 0 Å². The third-order valence-corrected chi connectivity index (χ3v) is 2.86. The van der Waals surface area contributed by atoms with Gasteiger partial charge in [0.05, 0.1) is 19.3 Å². The van der Waals surface area contributed by atoms with Gasteiger partial charge in [-0.2, -0.15) is 5.06 Å². The Hall–Kier alpha value is -0.170. The predicted molar refractivity (Wildman–Crippen MR) is 61.5 cm³/mol. The number of β-amino-alcohol motifs (C(OH)–C–C–N with tert-alkyl or cyclic N) is 1. The first-order chi connectivity index (χ1) is 6.74. The van der Waals surface area contributed by atoms with Crippen molar-refractivity contribution in [3.63, 3.8) is 0 Å². The molecule has 1 aromatic rings. The molecule has 1 aromatic carbocycles. The molecule has 0 unspecified atom stereocenters. The Morgan fingerprint density at radius 1 is 1.43 bits per heavy atom. The molecular formula is C10H12INO2. The van der Waals surface area contributed by atoms with Gasteiger partial charge in [-0.25, -0.2) is 0 Å². The lowest BCUT2D eigenvalue weighted by Gasteiger charge is -2.13. The van der Waals surface area contributed by atoms with Crippen molar-refractivity contribution < 1.29 is 9.94 Å². The lowest BCUT2D eigenvalue weighted by molar-refractivity contribution is -0.117. The zero-order valence-electron chi connectivity index (χ0n) is 7.69. The third-order valence-electron chi connectivity index (χ3n) is 2.14. The van der Waals surface area contributed by atoms with Crippen molar-refractivity contribution in [1.29, 1.82) is 0 Å². The average molecular weight is 305 g/mol. The van der Waals surface area contributed by atoms with Crippen molar-refractivity contribution in [2.75, 3.05) is 13.2 Å². The Kier molecular flexibility index (Phi) is 3.38. The van der Waals surface area contributed by atoms with Crippen molar-refractivity contribution >= 4 is 22.6 Å². The molecule has 76 valence electrons. The third kappa shape index (κ3) is 2.66. The molecule has 1 saturated heterocycles. The van der Waals surface area contributed by atoms with E-state index in [2.05, 4.69) is 46.9 Å². The van der Waals surface area contributed by atoms with E-state index in [1.54, 1.807) is 5.06 Å². The van der Waals surface area contributed by atoms with Crippen LogP contribution < -0.4 is 0 Å². The summed E-state index contributed by atoms with van der Waals surface area (Å²) in [5, 5.41) is 11.1. The highest BCUT2D eigenvalue weighted by atomic mass is 127. The topological polar surface area (TPSA) is 32.7 Å². The fourth-order valence-corrected chi connectivity index (χ4v) is 1.80. The molecular weight excluding hydrogens is 293 g/mol. The maximum absolute atomic E-state index is 9.25. The van der Waals surface area contributed by atoms with Gasteiger partial charge in [-0.3, -0.25) is 4.84 Å². The van der Waals surface area contributed by atoms with Crippen LogP contribution in [-0.2, 0) is 11.4 Å². The minimum atomic E-state index is -0.334. The summed E-state index contributed by atoms with van der Waals surface area (Å²) in [7, 11) is 0. The second kappa shape index (κ2) is 4.57. The Morgan fingerprint density at radius 3 is 2.71 bits per heavy atom. The number of hydroxylamine groups is 2. The van der Waals surface area contributed by atoms with Crippen molar-refractivity contribution in [2.24, 2.45) is 0 Å². The summed E-state index contributed by atoms with van der Waals surface area (Å²) in [6, 6.07) is 8.30. The van der Waals surface area contributed by atoms with Crippen molar-refractivity contribution in [3.8, 4) is 0 Å². The molecule has 0 bridgehead atoms. The zero-order chi connectivity index (χ0) is 9.97. The SMILES string of the molecule is O[C@@H]1CON(Cc2ccc(I)cc2)C1. The molecule has 0 saturated carbocycles. The van der Waals surface area contributed by atoms with Crippen molar-refractivity contribution in [1.82, 2.24) is 5.06 Å². The Balaban J connectivity index is 1.94. The quantitative estimate of drug-likeness (QED) is 0.839. The predicted octanol–water partition coefficient (Wildman–Crippen LogP) is 1.40. The van der Waals surface area contributed by atoms with Crippen LogP contribution in [0.25, 0.3) is 0 Å². The molecule has 0 spiro atoms. The molecule has 0 aromatic heterocycles. The molecule has 1 N–H and O–H groups in total. The van der Waals surface area contributed by atoms with Gasteiger partial charge in [-0.15, -0.1) is 0 Å². The summed E-state index contributed by atoms with van der Waals surface area (Å²) in [5.41, 5.74) is 1.21. The number of nitrogens with zero attached hydrogens (tertiary/aromatic N) is 1. The minimum absolute atomic E-state index is 0.334. The summed E-state index contributed by atoms with van der Waals surface area (Å²) in [5.74, 6) is 0. The Bertz CT molecular complexity index is 301. The summed E-state index contributed by atoms with van der Waals surface area (Å²) < 4.78 is 1.23. The van der Waals surface area contributed by atoms with E-state index >= 15 is 0 Å². The van der Waals surface area contributed by atoms with E-state index < -0.39 is 0 Å². The molecule has 1 fully saturated rings. The van der Waals surface area contributed by atoms with Crippen LogP contribution in [0.3, 0.4) is 0 Å². The van der Waals surface area contributed by atoms with E-state index in [1.165, 1.54) is 9.13 Å². The number of rotatable bonds is 2. The zero-order valence-corrected chi connectivity index (χ0v) is 9.85. The number of benzene rings is 1. The number of halogens is 1. The number of aliphatic hydroxyl groups excluding tert-OH is 1. The Labute approximate surface area is 96.8 Å². The maximum atomic E-state index is 9.25. The highest BCUT2D eigenvalue weighted by Crippen LogP contribution is 2.12. The van der Waals surface area contributed by atoms with Gasteiger partial charge in [-0.1, -0.05) is 12.1 Å². The molecule has 14 heavy (non-hydrogen) atoms. The highest BCUT2D eigenvalue weighted by molar-refractivity contribution is 14.1. The van der Waals surface area contributed by atoms with Gasteiger partial charge in [0.1, 0.15) is 0 Å². The molecule has 1 atom stereocenters. The van der Waals surface area contributed by atoms with E-state index in [0.717, 1.165) is 6.54 Å². The number of hydrogen-bond donors (Lipinski definition) is 1. The molecule has 1 aliphatic rings. The van der Waals surface area contributed by atoms with Gasteiger partial charge >= 0.3 is 0 Å². The summed E-state index contributed by atoms with van der Waals surface area (Å²) in [4.78, 5) is 5.28. The van der Waals surface area contributed by atoms with Gasteiger partial charge < -0.3 is 5.11 Å². The molecule has 1 aliphatic heterocycles. The second-order valence-electron chi connectivity index (χ2n) is 3.40. The number of aliphatic hydroxyl groups is 1. The minimum Gasteiger partial charge on any atom is -0.389 e. The smallest absolute Gasteiger partial charge is 0.0958 e. The molecule has 4 heteroatoms. The molecule has 0 aliphatic carbocycles. The fraction of sp³-hybridized carbons (Fsp3) is 0.400. The van der Waals surface area contributed by atoms with E-state index in [9.17, 15) is 5.11 Å². The van der Waals surface area contributed by atoms with Gasteiger partial charge in [0.2, 0.25) is 0 Å². The van der Waals surface area contributed by atoms with Crippen LogP contribution in [-0.4, -0.2) is 29.4 Å². The van der Waals surface area contributed by atoms with Crippen LogP contribution in [0.1, 0.15) is 5.56 Å². The maximum Gasteiger partial charge on any atom is 0.0958 e. The molecule has 3 nitrogen and oxygen atoms in total. The van der Waals surface area contributed by atoms with Crippen LogP contribution in [0, 0.1) is 3.57 Å². The lowest BCUT2D eigenvalue weighted by atomic mass is 10.2. The monoisotopic (exact) mass is 305 g/mol.